The molecule has 5 heteroatoms. The Balaban J connectivity index is 2.16. The van der Waals surface area contributed by atoms with Crippen molar-refractivity contribution >= 4 is 11.6 Å². The highest BCUT2D eigenvalue weighted by Gasteiger charge is 2.09. The molecule has 4 nitrogen and oxygen atoms in total. The van der Waals surface area contributed by atoms with Crippen LogP contribution in [0.1, 0.15) is 32.4 Å². The van der Waals surface area contributed by atoms with Crippen LogP contribution < -0.4 is 5.32 Å². The minimum Gasteiger partial charge on any atom is -0.389 e. The average molecular weight is 316 g/mol. The van der Waals surface area contributed by atoms with Gasteiger partial charge in [0.15, 0.2) is 0 Å². The first-order valence-corrected chi connectivity index (χ1v) is 7.73. The van der Waals surface area contributed by atoms with Gasteiger partial charge in [-0.3, -0.25) is 0 Å². The lowest BCUT2D eigenvalue weighted by Gasteiger charge is -2.18. The fourth-order valence-electron chi connectivity index (χ4n) is 1.83. The van der Waals surface area contributed by atoms with Gasteiger partial charge in [-0.05, 0) is 38.5 Å². The standard InChI is InChI=1S/C16H26ClNO3/c1-12(2)21-8-7-20-11-16(19)10-18-13(3)14-5-4-6-15(17)9-14/h4-6,9,12-13,16,18-19H,7-8,10-11H2,1-3H3/t13-,16?/m0/s1. The van der Waals surface area contributed by atoms with Gasteiger partial charge in [0.05, 0.1) is 32.0 Å². The Labute approximate surface area is 132 Å². The summed E-state index contributed by atoms with van der Waals surface area (Å²) in [4.78, 5) is 0. The van der Waals surface area contributed by atoms with Gasteiger partial charge in [0, 0.05) is 17.6 Å². The van der Waals surface area contributed by atoms with Gasteiger partial charge in [0.1, 0.15) is 0 Å². The Bertz CT molecular complexity index is 401. The van der Waals surface area contributed by atoms with E-state index in [0.29, 0.717) is 26.4 Å². The second kappa shape index (κ2) is 10.1. The third kappa shape index (κ3) is 8.39. The van der Waals surface area contributed by atoms with Crippen molar-refractivity contribution in [1.29, 1.82) is 0 Å². The maximum atomic E-state index is 9.85. The number of aliphatic hydroxyl groups excluding tert-OH is 1. The number of nitrogens with one attached hydrogen (secondary N) is 1. The van der Waals surface area contributed by atoms with Crippen LogP contribution in [-0.2, 0) is 9.47 Å². The van der Waals surface area contributed by atoms with Gasteiger partial charge in [-0.25, -0.2) is 0 Å². The van der Waals surface area contributed by atoms with Crippen LogP contribution >= 0.6 is 11.6 Å². The molecule has 1 unspecified atom stereocenters. The molecule has 0 aromatic heterocycles. The first-order valence-electron chi connectivity index (χ1n) is 7.35. The van der Waals surface area contributed by atoms with Crippen LogP contribution in [0.15, 0.2) is 24.3 Å². The summed E-state index contributed by atoms with van der Waals surface area (Å²) in [7, 11) is 0. The number of hydrogen-bond donors (Lipinski definition) is 2. The van der Waals surface area contributed by atoms with E-state index >= 15 is 0 Å². The van der Waals surface area contributed by atoms with Crippen LogP contribution in [0.25, 0.3) is 0 Å². The largest absolute Gasteiger partial charge is 0.389 e. The molecular formula is C16H26ClNO3. The fourth-order valence-corrected chi connectivity index (χ4v) is 2.03. The molecule has 0 saturated carbocycles. The van der Waals surface area contributed by atoms with Crippen molar-refractivity contribution < 1.29 is 14.6 Å². The van der Waals surface area contributed by atoms with E-state index in [-0.39, 0.29) is 12.1 Å². The minimum absolute atomic E-state index is 0.127. The molecule has 0 aliphatic rings. The summed E-state index contributed by atoms with van der Waals surface area (Å²) < 4.78 is 10.7. The maximum Gasteiger partial charge on any atom is 0.0897 e. The van der Waals surface area contributed by atoms with Crippen molar-refractivity contribution in [3.05, 3.63) is 34.9 Å². The number of aliphatic hydroxyl groups is 1. The second-order valence-electron chi connectivity index (χ2n) is 5.33. The SMILES string of the molecule is CC(C)OCCOCC(O)CN[C@@H](C)c1cccc(Cl)c1. The average Bonchev–Trinajstić information content (AvgIpc) is 2.44. The lowest BCUT2D eigenvalue weighted by Crippen LogP contribution is -2.32. The molecule has 0 heterocycles. The van der Waals surface area contributed by atoms with Crippen molar-refractivity contribution in [2.45, 2.75) is 39.0 Å². The summed E-state index contributed by atoms with van der Waals surface area (Å²) in [6, 6.07) is 7.83. The molecule has 21 heavy (non-hydrogen) atoms. The van der Waals surface area contributed by atoms with Crippen molar-refractivity contribution in [1.82, 2.24) is 5.32 Å². The molecule has 0 fully saturated rings. The Morgan fingerprint density at radius 3 is 2.67 bits per heavy atom. The molecule has 0 radical (unpaired) electrons. The number of rotatable bonds is 10. The Kier molecular flexibility index (Phi) is 8.88. The van der Waals surface area contributed by atoms with Gasteiger partial charge in [-0.2, -0.15) is 0 Å². The maximum absolute atomic E-state index is 9.85. The zero-order valence-electron chi connectivity index (χ0n) is 13.0. The van der Waals surface area contributed by atoms with Gasteiger partial charge in [0.25, 0.3) is 0 Å². The minimum atomic E-state index is -0.536. The van der Waals surface area contributed by atoms with Gasteiger partial charge < -0.3 is 19.9 Å². The van der Waals surface area contributed by atoms with Crippen LogP contribution in [0.5, 0.6) is 0 Å². The molecule has 1 aromatic carbocycles. The third-order valence-electron chi connectivity index (χ3n) is 3.00. The van der Waals surface area contributed by atoms with E-state index in [9.17, 15) is 5.11 Å². The lowest BCUT2D eigenvalue weighted by molar-refractivity contribution is -0.0104. The van der Waals surface area contributed by atoms with Crippen LogP contribution in [0, 0.1) is 0 Å². The summed E-state index contributed by atoms with van der Waals surface area (Å²) in [6.07, 6.45) is -0.329. The molecule has 0 saturated heterocycles. The molecule has 0 aliphatic heterocycles. The molecule has 2 N–H and O–H groups in total. The first kappa shape index (κ1) is 18.4. The predicted octanol–water partition coefficient (Wildman–Crippen LogP) is 2.79. The highest BCUT2D eigenvalue weighted by Crippen LogP contribution is 2.17. The van der Waals surface area contributed by atoms with E-state index in [1.54, 1.807) is 0 Å². The predicted molar refractivity (Wildman–Crippen MR) is 85.8 cm³/mol. The molecule has 0 spiro atoms. The van der Waals surface area contributed by atoms with E-state index < -0.39 is 6.10 Å². The Morgan fingerprint density at radius 1 is 1.24 bits per heavy atom. The number of ether oxygens (including phenoxy) is 2. The van der Waals surface area contributed by atoms with E-state index in [2.05, 4.69) is 5.32 Å². The topological polar surface area (TPSA) is 50.7 Å². The third-order valence-corrected chi connectivity index (χ3v) is 3.23. The Hall–Kier alpha value is -0.650. The van der Waals surface area contributed by atoms with Gasteiger partial charge in [0.2, 0.25) is 0 Å². The first-order chi connectivity index (χ1) is 9.99. The van der Waals surface area contributed by atoms with Crippen molar-refractivity contribution in [2.24, 2.45) is 0 Å². The summed E-state index contributed by atoms with van der Waals surface area (Å²) >= 11 is 5.96. The Morgan fingerprint density at radius 2 is 2.00 bits per heavy atom. The number of benzene rings is 1. The molecule has 0 aliphatic carbocycles. The zero-order chi connectivity index (χ0) is 15.7. The van der Waals surface area contributed by atoms with Gasteiger partial charge >= 0.3 is 0 Å². The highest BCUT2D eigenvalue weighted by molar-refractivity contribution is 6.30. The smallest absolute Gasteiger partial charge is 0.0897 e. The second-order valence-corrected chi connectivity index (χ2v) is 5.77. The van der Waals surface area contributed by atoms with Gasteiger partial charge in [-0.15, -0.1) is 0 Å². The van der Waals surface area contributed by atoms with E-state index in [1.165, 1.54) is 0 Å². The van der Waals surface area contributed by atoms with Crippen LogP contribution in [0.4, 0.5) is 0 Å². The molecule has 0 bridgehead atoms. The summed E-state index contributed by atoms with van der Waals surface area (Å²) in [5.74, 6) is 0. The van der Waals surface area contributed by atoms with Crippen LogP contribution in [-0.4, -0.2) is 43.7 Å². The molecule has 2 atom stereocenters. The number of hydrogen-bond acceptors (Lipinski definition) is 4. The molecule has 1 rings (SSSR count). The van der Waals surface area contributed by atoms with Gasteiger partial charge in [-0.1, -0.05) is 23.7 Å². The molecule has 1 aromatic rings. The molecular weight excluding hydrogens is 290 g/mol. The van der Waals surface area contributed by atoms with Crippen LogP contribution in [0.3, 0.4) is 0 Å². The van der Waals surface area contributed by atoms with E-state index in [0.717, 1.165) is 10.6 Å². The lowest BCUT2D eigenvalue weighted by atomic mass is 10.1. The van der Waals surface area contributed by atoms with E-state index in [1.807, 2.05) is 45.0 Å². The fraction of sp³-hybridized carbons (Fsp3) is 0.625. The normalized spacial score (nSPS) is 14.4. The van der Waals surface area contributed by atoms with Crippen molar-refractivity contribution in [3.8, 4) is 0 Å². The zero-order valence-corrected chi connectivity index (χ0v) is 13.8. The van der Waals surface area contributed by atoms with Crippen molar-refractivity contribution in [2.75, 3.05) is 26.4 Å². The van der Waals surface area contributed by atoms with Crippen molar-refractivity contribution in [3.63, 3.8) is 0 Å². The van der Waals surface area contributed by atoms with E-state index in [4.69, 9.17) is 21.1 Å². The quantitative estimate of drug-likeness (QED) is 0.652. The summed E-state index contributed by atoms with van der Waals surface area (Å²) in [5.41, 5.74) is 1.10. The molecule has 120 valence electrons. The monoisotopic (exact) mass is 315 g/mol. The molecule has 0 amide bonds. The van der Waals surface area contributed by atoms with Crippen LogP contribution in [0.2, 0.25) is 5.02 Å². The number of halogens is 1. The summed E-state index contributed by atoms with van der Waals surface area (Å²) in [5, 5.41) is 13.8. The highest BCUT2D eigenvalue weighted by atomic mass is 35.5. The summed E-state index contributed by atoms with van der Waals surface area (Å²) in [6.45, 7) is 7.83.